The minimum absolute atomic E-state index is 0.0337. The molecule has 128 valence electrons. The Morgan fingerprint density at radius 1 is 1.20 bits per heavy atom. The van der Waals surface area contributed by atoms with Crippen molar-refractivity contribution in [2.24, 2.45) is 0 Å². The van der Waals surface area contributed by atoms with Gasteiger partial charge in [0, 0.05) is 18.0 Å². The summed E-state index contributed by atoms with van der Waals surface area (Å²) in [5, 5.41) is 1.08. The van der Waals surface area contributed by atoms with Gasteiger partial charge < -0.3 is 14.0 Å². The molecule has 2 unspecified atom stereocenters. The van der Waals surface area contributed by atoms with Crippen LogP contribution < -0.4 is 4.74 Å². The fourth-order valence-corrected chi connectivity index (χ4v) is 4.06. The van der Waals surface area contributed by atoms with Crippen LogP contribution in [-0.2, 0) is 17.6 Å². The van der Waals surface area contributed by atoms with E-state index in [2.05, 4.69) is 38.8 Å². The number of aryl methyl sites for hydroxylation is 2. The Labute approximate surface area is 146 Å². The maximum atomic E-state index is 6.31. The van der Waals surface area contributed by atoms with Gasteiger partial charge in [0.2, 0.25) is 0 Å². The van der Waals surface area contributed by atoms with E-state index in [1.165, 1.54) is 24.0 Å². The minimum Gasteiger partial charge on any atom is -0.488 e. The summed E-state index contributed by atoms with van der Waals surface area (Å²) in [5.74, 6) is 1.04. The zero-order valence-corrected chi connectivity index (χ0v) is 14.3. The number of benzene rings is 1. The van der Waals surface area contributed by atoms with Crippen molar-refractivity contribution in [2.45, 2.75) is 44.9 Å². The third-order valence-corrected chi connectivity index (χ3v) is 5.35. The zero-order chi connectivity index (χ0) is 16.8. The SMILES string of the molecule is Cc1ncnc2c1ccn2C1CC(Oc2cccc3c2CCC3)CO1. The summed E-state index contributed by atoms with van der Waals surface area (Å²) in [5.41, 5.74) is 4.76. The molecule has 1 aliphatic heterocycles. The first-order chi connectivity index (χ1) is 12.3. The molecular weight excluding hydrogens is 314 g/mol. The lowest BCUT2D eigenvalue weighted by atomic mass is 10.1. The summed E-state index contributed by atoms with van der Waals surface area (Å²) in [7, 11) is 0. The van der Waals surface area contributed by atoms with Gasteiger partial charge in [-0.1, -0.05) is 12.1 Å². The molecular formula is C20H21N3O2. The molecule has 5 heteroatoms. The lowest BCUT2D eigenvalue weighted by Gasteiger charge is -2.16. The highest BCUT2D eigenvalue weighted by molar-refractivity contribution is 5.78. The van der Waals surface area contributed by atoms with Crippen LogP contribution in [0.3, 0.4) is 0 Å². The van der Waals surface area contributed by atoms with E-state index in [1.807, 2.05) is 13.1 Å². The number of nitrogens with zero attached hydrogens (tertiary/aromatic N) is 3. The Morgan fingerprint density at radius 2 is 2.16 bits per heavy atom. The minimum atomic E-state index is -0.0337. The standard InChI is InChI=1S/C20H21N3O2/c1-13-16-8-9-23(20(16)22-12-21-13)19-10-15(11-24-19)25-18-7-3-5-14-4-2-6-17(14)18/h3,5,7-9,12,15,19H,2,4,6,10-11H2,1H3. The largest absolute Gasteiger partial charge is 0.488 e. The van der Waals surface area contributed by atoms with Gasteiger partial charge >= 0.3 is 0 Å². The van der Waals surface area contributed by atoms with Crippen molar-refractivity contribution >= 4 is 11.0 Å². The van der Waals surface area contributed by atoms with Crippen LogP contribution in [0.2, 0.25) is 0 Å². The molecule has 5 rings (SSSR count). The second-order valence-corrected chi connectivity index (χ2v) is 6.93. The molecule has 1 aliphatic carbocycles. The van der Waals surface area contributed by atoms with Gasteiger partial charge in [-0.25, -0.2) is 9.97 Å². The second-order valence-electron chi connectivity index (χ2n) is 6.93. The van der Waals surface area contributed by atoms with Gasteiger partial charge in [0.1, 0.15) is 30.1 Å². The molecule has 2 aromatic heterocycles. The monoisotopic (exact) mass is 335 g/mol. The first-order valence-electron chi connectivity index (χ1n) is 8.97. The predicted octanol–water partition coefficient (Wildman–Crippen LogP) is 3.59. The second kappa shape index (κ2) is 5.85. The maximum Gasteiger partial charge on any atom is 0.145 e. The van der Waals surface area contributed by atoms with Crippen molar-refractivity contribution in [1.82, 2.24) is 14.5 Å². The Morgan fingerprint density at radius 3 is 3.12 bits per heavy atom. The molecule has 0 radical (unpaired) electrons. The zero-order valence-electron chi connectivity index (χ0n) is 14.3. The summed E-state index contributed by atoms with van der Waals surface area (Å²) in [4.78, 5) is 8.70. The molecule has 5 nitrogen and oxygen atoms in total. The van der Waals surface area contributed by atoms with Crippen molar-refractivity contribution in [3.05, 3.63) is 53.6 Å². The highest BCUT2D eigenvalue weighted by Gasteiger charge is 2.30. The lowest BCUT2D eigenvalue weighted by Crippen LogP contribution is -2.17. The topological polar surface area (TPSA) is 49.2 Å². The fraction of sp³-hybridized carbons (Fsp3) is 0.400. The van der Waals surface area contributed by atoms with Crippen LogP contribution in [0.5, 0.6) is 5.75 Å². The normalized spacial score (nSPS) is 22.4. The molecule has 3 aromatic rings. The third kappa shape index (κ3) is 2.50. The van der Waals surface area contributed by atoms with Gasteiger partial charge in [-0.05, 0) is 49.4 Å². The summed E-state index contributed by atoms with van der Waals surface area (Å²) in [6.45, 7) is 2.61. The number of aromatic nitrogens is 3. The molecule has 0 amide bonds. The average Bonchev–Trinajstić information content (AvgIpc) is 3.34. The van der Waals surface area contributed by atoms with Crippen LogP contribution in [0.1, 0.15) is 35.9 Å². The molecule has 0 N–H and O–H groups in total. The van der Waals surface area contributed by atoms with Crippen molar-refractivity contribution in [2.75, 3.05) is 6.61 Å². The first-order valence-corrected chi connectivity index (χ1v) is 8.97. The number of ether oxygens (including phenoxy) is 2. The maximum absolute atomic E-state index is 6.31. The molecule has 0 spiro atoms. The number of fused-ring (bicyclic) bond motifs is 2. The summed E-state index contributed by atoms with van der Waals surface area (Å²) in [6, 6.07) is 8.48. The van der Waals surface area contributed by atoms with Gasteiger partial charge in [0.25, 0.3) is 0 Å². The molecule has 25 heavy (non-hydrogen) atoms. The molecule has 0 bridgehead atoms. The van der Waals surface area contributed by atoms with Crippen LogP contribution in [-0.4, -0.2) is 27.2 Å². The summed E-state index contributed by atoms with van der Waals surface area (Å²) >= 11 is 0. The van der Waals surface area contributed by atoms with Crippen molar-refractivity contribution < 1.29 is 9.47 Å². The number of hydrogen-bond acceptors (Lipinski definition) is 4. The molecule has 1 fully saturated rings. The summed E-state index contributed by atoms with van der Waals surface area (Å²) in [6.07, 6.45) is 8.06. The van der Waals surface area contributed by atoms with E-state index in [9.17, 15) is 0 Å². The van der Waals surface area contributed by atoms with Crippen LogP contribution in [0.15, 0.2) is 36.8 Å². The van der Waals surface area contributed by atoms with Crippen LogP contribution in [0.25, 0.3) is 11.0 Å². The first kappa shape index (κ1) is 14.9. The summed E-state index contributed by atoms with van der Waals surface area (Å²) < 4.78 is 14.4. The van der Waals surface area contributed by atoms with Gasteiger partial charge in [-0.2, -0.15) is 0 Å². The third-order valence-electron chi connectivity index (χ3n) is 5.35. The van der Waals surface area contributed by atoms with Crippen molar-refractivity contribution in [3.63, 3.8) is 0 Å². The van der Waals surface area contributed by atoms with Crippen LogP contribution in [0.4, 0.5) is 0 Å². The van der Waals surface area contributed by atoms with E-state index in [4.69, 9.17) is 9.47 Å². The fourth-order valence-electron chi connectivity index (χ4n) is 4.06. The van der Waals surface area contributed by atoms with Crippen LogP contribution >= 0.6 is 0 Å². The van der Waals surface area contributed by atoms with Gasteiger partial charge in [-0.3, -0.25) is 0 Å². The molecule has 1 aromatic carbocycles. The Hall–Kier alpha value is -2.40. The predicted molar refractivity (Wildman–Crippen MR) is 94.8 cm³/mol. The molecule has 2 aliphatic rings. The number of hydrogen-bond donors (Lipinski definition) is 0. The van der Waals surface area contributed by atoms with Crippen LogP contribution in [0, 0.1) is 6.92 Å². The molecule has 1 saturated heterocycles. The number of rotatable bonds is 3. The molecule has 0 saturated carbocycles. The van der Waals surface area contributed by atoms with E-state index in [0.29, 0.717) is 6.61 Å². The van der Waals surface area contributed by atoms with Crippen molar-refractivity contribution in [3.8, 4) is 5.75 Å². The Kier molecular flexibility index (Phi) is 3.48. The highest BCUT2D eigenvalue weighted by Crippen LogP contribution is 2.34. The Bertz CT molecular complexity index is 934. The van der Waals surface area contributed by atoms with Gasteiger partial charge in [0.15, 0.2) is 0 Å². The molecule has 2 atom stereocenters. The van der Waals surface area contributed by atoms with Crippen molar-refractivity contribution in [1.29, 1.82) is 0 Å². The molecule has 3 heterocycles. The van der Waals surface area contributed by atoms with E-state index >= 15 is 0 Å². The van der Waals surface area contributed by atoms with E-state index in [0.717, 1.165) is 35.3 Å². The van der Waals surface area contributed by atoms with E-state index in [1.54, 1.807) is 6.33 Å². The van der Waals surface area contributed by atoms with Gasteiger partial charge in [0.05, 0.1) is 12.3 Å². The van der Waals surface area contributed by atoms with Gasteiger partial charge in [-0.15, -0.1) is 0 Å². The highest BCUT2D eigenvalue weighted by atomic mass is 16.6. The Balaban J connectivity index is 1.36. The smallest absolute Gasteiger partial charge is 0.145 e. The lowest BCUT2D eigenvalue weighted by molar-refractivity contribution is 0.0526. The van der Waals surface area contributed by atoms with E-state index < -0.39 is 0 Å². The average molecular weight is 335 g/mol. The quantitative estimate of drug-likeness (QED) is 0.734. The van der Waals surface area contributed by atoms with E-state index in [-0.39, 0.29) is 12.3 Å².